The van der Waals surface area contributed by atoms with Crippen LogP contribution in [0.1, 0.15) is 6.92 Å². The minimum absolute atomic E-state index is 0.0275. The number of alkyl halides is 2. The lowest BCUT2D eigenvalue weighted by atomic mass is 10.2. The summed E-state index contributed by atoms with van der Waals surface area (Å²) in [6, 6.07) is 2.75. The molecule has 0 spiro atoms. The van der Waals surface area contributed by atoms with E-state index in [2.05, 4.69) is 5.32 Å². The summed E-state index contributed by atoms with van der Waals surface area (Å²) in [4.78, 5) is 9.87. The van der Waals surface area contributed by atoms with Crippen molar-refractivity contribution in [3.8, 4) is 0 Å². The van der Waals surface area contributed by atoms with Gasteiger partial charge in [-0.3, -0.25) is 10.1 Å². The highest BCUT2D eigenvalue weighted by molar-refractivity contribution is 6.32. The molecule has 0 aliphatic heterocycles. The van der Waals surface area contributed by atoms with Gasteiger partial charge in [0.05, 0.1) is 11.0 Å². The van der Waals surface area contributed by atoms with Crippen molar-refractivity contribution in [1.82, 2.24) is 0 Å². The molecule has 0 radical (unpaired) electrons. The number of benzene rings is 1. The van der Waals surface area contributed by atoms with E-state index in [1.54, 1.807) is 0 Å². The fraction of sp³-hybridized carbons (Fsp3) is 0.333. The number of halogens is 3. The fourth-order valence-corrected chi connectivity index (χ4v) is 1.25. The van der Waals surface area contributed by atoms with E-state index in [4.69, 9.17) is 11.6 Å². The fourth-order valence-electron chi connectivity index (χ4n) is 1.07. The first kappa shape index (κ1) is 12.6. The summed E-state index contributed by atoms with van der Waals surface area (Å²) in [6.07, 6.45) is -2.55. The van der Waals surface area contributed by atoms with Crippen LogP contribution in [-0.4, -0.2) is 17.4 Å². The molecule has 1 aromatic carbocycles. The number of nitro groups is 1. The van der Waals surface area contributed by atoms with Crippen LogP contribution >= 0.6 is 11.6 Å². The molecular weight excluding hydrogens is 242 g/mol. The van der Waals surface area contributed by atoms with Crippen LogP contribution in [0.15, 0.2) is 18.2 Å². The largest absolute Gasteiger partial charge is 0.377 e. The number of anilines is 1. The molecular formula is C9H9ClF2N2O2. The molecule has 1 aromatic rings. The quantitative estimate of drug-likeness (QED) is 0.659. The van der Waals surface area contributed by atoms with Crippen molar-refractivity contribution in [2.24, 2.45) is 0 Å². The summed E-state index contributed by atoms with van der Waals surface area (Å²) >= 11 is 5.57. The molecule has 7 heteroatoms. The monoisotopic (exact) mass is 250 g/mol. The normalized spacial score (nSPS) is 12.6. The third kappa shape index (κ3) is 3.03. The molecule has 0 aromatic heterocycles. The first-order valence-corrected chi connectivity index (χ1v) is 4.78. The predicted molar refractivity (Wildman–Crippen MR) is 57.2 cm³/mol. The maximum atomic E-state index is 12.2. The Balaban J connectivity index is 2.91. The molecule has 88 valence electrons. The number of nitrogens with one attached hydrogen (secondary N) is 1. The van der Waals surface area contributed by atoms with Crippen LogP contribution in [-0.2, 0) is 0 Å². The Hall–Kier alpha value is -1.43. The number of nitro benzene ring substituents is 1. The highest BCUT2D eigenvalue weighted by Gasteiger charge is 2.17. The van der Waals surface area contributed by atoms with Gasteiger partial charge in [0.1, 0.15) is 5.02 Å². The molecule has 0 heterocycles. The lowest BCUT2D eigenvalue weighted by molar-refractivity contribution is -0.384. The van der Waals surface area contributed by atoms with Crippen LogP contribution in [0.5, 0.6) is 0 Å². The van der Waals surface area contributed by atoms with E-state index in [1.807, 2.05) is 0 Å². The smallest absolute Gasteiger partial charge is 0.289 e. The maximum absolute atomic E-state index is 12.2. The molecule has 0 bridgehead atoms. The Morgan fingerprint density at radius 2 is 2.12 bits per heavy atom. The van der Waals surface area contributed by atoms with Crippen LogP contribution in [0, 0.1) is 10.1 Å². The molecule has 1 atom stereocenters. The van der Waals surface area contributed by atoms with E-state index in [1.165, 1.54) is 19.1 Å². The SMILES string of the molecule is CC(Nc1ccc(Cl)c([N+](=O)[O-])c1)C(F)F. The van der Waals surface area contributed by atoms with Gasteiger partial charge >= 0.3 is 0 Å². The van der Waals surface area contributed by atoms with E-state index >= 15 is 0 Å². The third-order valence-electron chi connectivity index (χ3n) is 1.92. The van der Waals surface area contributed by atoms with Gasteiger partial charge in [0.15, 0.2) is 0 Å². The Morgan fingerprint density at radius 3 is 2.62 bits per heavy atom. The topological polar surface area (TPSA) is 55.2 Å². The van der Waals surface area contributed by atoms with Crippen molar-refractivity contribution < 1.29 is 13.7 Å². The average molecular weight is 251 g/mol. The van der Waals surface area contributed by atoms with Crippen LogP contribution in [0.4, 0.5) is 20.2 Å². The zero-order chi connectivity index (χ0) is 12.3. The van der Waals surface area contributed by atoms with Gasteiger partial charge in [0.25, 0.3) is 12.1 Å². The third-order valence-corrected chi connectivity index (χ3v) is 2.23. The zero-order valence-corrected chi connectivity index (χ0v) is 9.04. The summed E-state index contributed by atoms with van der Waals surface area (Å²) in [5.74, 6) is 0. The molecule has 4 nitrogen and oxygen atoms in total. The van der Waals surface area contributed by atoms with Crippen molar-refractivity contribution in [3.63, 3.8) is 0 Å². The lowest BCUT2D eigenvalue weighted by Gasteiger charge is -2.13. The molecule has 1 unspecified atom stereocenters. The predicted octanol–water partition coefficient (Wildman–Crippen LogP) is 3.31. The molecule has 0 aliphatic rings. The summed E-state index contributed by atoms with van der Waals surface area (Å²) in [5, 5.41) is 13.0. The number of hydrogen-bond acceptors (Lipinski definition) is 3. The molecule has 0 amide bonds. The van der Waals surface area contributed by atoms with E-state index in [9.17, 15) is 18.9 Å². The molecule has 0 fully saturated rings. The Kier molecular flexibility index (Phi) is 4.00. The van der Waals surface area contributed by atoms with Crippen LogP contribution in [0.25, 0.3) is 0 Å². The van der Waals surface area contributed by atoms with Crippen LogP contribution < -0.4 is 5.32 Å². The van der Waals surface area contributed by atoms with E-state index < -0.39 is 17.4 Å². The van der Waals surface area contributed by atoms with Crippen molar-refractivity contribution in [2.45, 2.75) is 19.4 Å². The van der Waals surface area contributed by atoms with Gasteiger partial charge in [-0.25, -0.2) is 8.78 Å². The Labute approximate surface area is 95.4 Å². The molecule has 16 heavy (non-hydrogen) atoms. The first-order valence-electron chi connectivity index (χ1n) is 4.40. The molecule has 0 saturated carbocycles. The van der Waals surface area contributed by atoms with Gasteiger partial charge < -0.3 is 5.32 Å². The number of rotatable bonds is 4. The van der Waals surface area contributed by atoms with Gasteiger partial charge in [0.2, 0.25) is 0 Å². The second-order valence-corrected chi connectivity index (χ2v) is 3.60. The van der Waals surface area contributed by atoms with E-state index in [0.29, 0.717) is 0 Å². The summed E-state index contributed by atoms with van der Waals surface area (Å²) in [6.45, 7) is 1.28. The Morgan fingerprint density at radius 1 is 1.50 bits per heavy atom. The lowest BCUT2D eigenvalue weighted by Crippen LogP contribution is -2.23. The first-order chi connectivity index (χ1) is 7.41. The standard InChI is InChI=1S/C9H9ClF2N2O2/c1-5(9(11)12)13-6-2-3-7(10)8(4-6)14(15)16/h2-5,9,13H,1H3. The van der Waals surface area contributed by atoms with Crippen LogP contribution in [0.2, 0.25) is 5.02 Å². The minimum atomic E-state index is -2.55. The van der Waals surface area contributed by atoms with E-state index in [-0.39, 0.29) is 16.4 Å². The van der Waals surface area contributed by atoms with Crippen LogP contribution in [0.3, 0.4) is 0 Å². The van der Waals surface area contributed by atoms with Crippen molar-refractivity contribution in [1.29, 1.82) is 0 Å². The Bertz CT molecular complexity index is 401. The minimum Gasteiger partial charge on any atom is -0.377 e. The van der Waals surface area contributed by atoms with E-state index in [0.717, 1.165) is 6.07 Å². The van der Waals surface area contributed by atoms with Crippen molar-refractivity contribution >= 4 is 23.0 Å². The summed E-state index contributed by atoms with van der Waals surface area (Å²) < 4.78 is 24.5. The van der Waals surface area contributed by atoms with Gasteiger partial charge in [0, 0.05) is 11.8 Å². The van der Waals surface area contributed by atoms with Crippen molar-refractivity contribution in [2.75, 3.05) is 5.32 Å². The summed E-state index contributed by atoms with van der Waals surface area (Å²) in [5.41, 5.74) is -0.0722. The molecule has 0 saturated heterocycles. The zero-order valence-electron chi connectivity index (χ0n) is 8.28. The molecule has 1 rings (SSSR count). The molecule has 0 aliphatic carbocycles. The van der Waals surface area contributed by atoms with Gasteiger partial charge in [-0.05, 0) is 19.1 Å². The van der Waals surface area contributed by atoms with Crippen molar-refractivity contribution in [3.05, 3.63) is 33.3 Å². The molecule has 1 N–H and O–H groups in total. The second-order valence-electron chi connectivity index (χ2n) is 3.19. The summed E-state index contributed by atoms with van der Waals surface area (Å²) in [7, 11) is 0. The number of hydrogen-bond donors (Lipinski definition) is 1. The van der Waals surface area contributed by atoms with Gasteiger partial charge in [-0.2, -0.15) is 0 Å². The maximum Gasteiger partial charge on any atom is 0.289 e. The second kappa shape index (κ2) is 5.07. The average Bonchev–Trinajstić information content (AvgIpc) is 2.20. The highest BCUT2D eigenvalue weighted by Crippen LogP contribution is 2.27. The highest BCUT2D eigenvalue weighted by atomic mass is 35.5. The number of nitrogens with zero attached hydrogens (tertiary/aromatic N) is 1. The van der Waals surface area contributed by atoms with Gasteiger partial charge in [-0.15, -0.1) is 0 Å². The van der Waals surface area contributed by atoms with Gasteiger partial charge in [-0.1, -0.05) is 11.6 Å².